The van der Waals surface area contributed by atoms with E-state index in [1.54, 1.807) is 19.4 Å². The van der Waals surface area contributed by atoms with Crippen LogP contribution in [-0.2, 0) is 25.9 Å². The SMILES string of the molecule is CNCC1=CC(C(=O)NCc2ccc(Nc3ccccn3)cc2)=CC1=[S-](=O)c1c(C)cc(OC)cc1C. The van der Waals surface area contributed by atoms with Crippen molar-refractivity contribution in [2.75, 3.05) is 26.0 Å². The zero-order valence-corrected chi connectivity index (χ0v) is 22.2. The number of pyridine rings is 1. The topological polar surface area (TPSA) is 92.4 Å². The van der Waals surface area contributed by atoms with Crippen LogP contribution < -0.4 is 20.7 Å². The van der Waals surface area contributed by atoms with Crippen LogP contribution >= 0.6 is 0 Å². The molecule has 0 aliphatic heterocycles. The second kappa shape index (κ2) is 11.9. The van der Waals surface area contributed by atoms with Crippen LogP contribution in [0.1, 0.15) is 16.7 Å². The van der Waals surface area contributed by atoms with Crippen molar-refractivity contribution in [2.45, 2.75) is 25.3 Å². The highest BCUT2D eigenvalue weighted by molar-refractivity contribution is 7.85. The molecule has 7 nitrogen and oxygen atoms in total. The number of allylic oxidation sites excluding steroid dienone is 1. The Kier molecular flexibility index (Phi) is 8.43. The minimum absolute atomic E-state index is 0.209. The van der Waals surface area contributed by atoms with Gasteiger partial charge in [0.25, 0.3) is 5.91 Å². The van der Waals surface area contributed by atoms with E-state index < -0.39 is 10.4 Å². The van der Waals surface area contributed by atoms with Gasteiger partial charge in [0.05, 0.1) is 7.11 Å². The summed E-state index contributed by atoms with van der Waals surface area (Å²) in [5, 5.41) is 9.33. The number of benzene rings is 2. The largest absolute Gasteiger partial charge is 0.497 e. The molecule has 1 amide bonds. The van der Waals surface area contributed by atoms with E-state index in [0.717, 1.165) is 44.4 Å². The van der Waals surface area contributed by atoms with Crippen LogP contribution in [0.25, 0.3) is 0 Å². The van der Waals surface area contributed by atoms with Gasteiger partial charge in [0.1, 0.15) is 11.6 Å². The Morgan fingerprint density at radius 1 is 1.00 bits per heavy atom. The van der Waals surface area contributed by atoms with Crippen molar-refractivity contribution >= 4 is 32.7 Å². The Bertz CT molecular complexity index is 1410. The first-order valence-electron chi connectivity index (χ1n) is 12.0. The van der Waals surface area contributed by atoms with E-state index in [4.69, 9.17) is 4.74 Å². The fourth-order valence-corrected chi connectivity index (χ4v) is 5.70. The zero-order valence-electron chi connectivity index (χ0n) is 21.4. The lowest BCUT2D eigenvalue weighted by Crippen LogP contribution is -2.23. The zero-order chi connectivity index (χ0) is 26.4. The number of anilines is 2. The molecule has 37 heavy (non-hydrogen) atoms. The van der Waals surface area contributed by atoms with Gasteiger partial charge in [0.2, 0.25) is 0 Å². The van der Waals surface area contributed by atoms with E-state index in [2.05, 4.69) is 20.9 Å². The van der Waals surface area contributed by atoms with Crippen LogP contribution in [0.3, 0.4) is 0 Å². The van der Waals surface area contributed by atoms with Gasteiger partial charge in [-0.2, -0.15) is 0 Å². The molecular formula is C29H31N4O3S-. The maximum absolute atomic E-state index is 13.7. The molecule has 192 valence electrons. The Hall–Kier alpha value is -3.88. The second-order valence-electron chi connectivity index (χ2n) is 8.74. The molecule has 2 aromatic carbocycles. The molecule has 3 N–H and O–H groups in total. The standard InChI is InChI=1S/C29H31N4O3S/c1-19-13-25(36-4)14-20(2)28(19)37(35)26-16-22(15-23(26)18-30-3)29(34)32-17-21-8-10-24(11-9-21)33-27-7-5-6-12-31-27/h5-16,30H,17-18H2,1-4H3,(H,31,33)(H,32,34)/q-1. The van der Waals surface area contributed by atoms with E-state index in [1.807, 2.05) is 81.6 Å². The molecule has 0 unspecified atom stereocenters. The van der Waals surface area contributed by atoms with E-state index in [0.29, 0.717) is 23.5 Å². The first-order valence-corrected chi connectivity index (χ1v) is 13.1. The van der Waals surface area contributed by atoms with Crippen LogP contribution in [0.5, 0.6) is 5.75 Å². The predicted octanol–water partition coefficient (Wildman–Crippen LogP) is 4.35. The van der Waals surface area contributed by atoms with Crippen molar-refractivity contribution in [1.29, 1.82) is 0 Å². The van der Waals surface area contributed by atoms with Gasteiger partial charge in [-0.15, -0.1) is 9.76 Å². The Morgan fingerprint density at radius 2 is 1.73 bits per heavy atom. The van der Waals surface area contributed by atoms with Crippen LogP contribution in [0.2, 0.25) is 0 Å². The summed E-state index contributed by atoms with van der Waals surface area (Å²) in [6, 6.07) is 17.3. The minimum atomic E-state index is -1.44. The number of hydrogen-bond acceptors (Lipinski definition) is 7. The molecule has 8 heteroatoms. The van der Waals surface area contributed by atoms with Crippen LogP contribution in [0.4, 0.5) is 11.5 Å². The maximum Gasteiger partial charge on any atom is 0.251 e. The van der Waals surface area contributed by atoms with Crippen molar-refractivity contribution in [1.82, 2.24) is 15.6 Å². The number of methoxy groups -OCH3 is 1. The maximum atomic E-state index is 13.7. The molecule has 1 heterocycles. The molecule has 1 aliphatic carbocycles. The lowest BCUT2D eigenvalue weighted by molar-refractivity contribution is -0.117. The highest BCUT2D eigenvalue weighted by Crippen LogP contribution is 2.26. The summed E-state index contributed by atoms with van der Waals surface area (Å²) in [7, 11) is 2.01. The number of ether oxygens (including phenoxy) is 1. The van der Waals surface area contributed by atoms with E-state index in [9.17, 15) is 9.00 Å². The van der Waals surface area contributed by atoms with Gasteiger partial charge >= 0.3 is 0 Å². The quantitative estimate of drug-likeness (QED) is 0.290. The monoisotopic (exact) mass is 515 g/mol. The van der Waals surface area contributed by atoms with Crippen molar-refractivity contribution in [3.63, 3.8) is 0 Å². The summed E-state index contributed by atoms with van der Waals surface area (Å²) >= 11 is 0. The van der Waals surface area contributed by atoms with Crippen LogP contribution in [-0.4, -0.2) is 36.5 Å². The Morgan fingerprint density at radius 3 is 2.35 bits per heavy atom. The molecule has 0 fully saturated rings. The van der Waals surface area contributed by atoms with Gasteiger partial charge < -0.3 is 24.9 Å². The molecular weight excluding hydrogens is 484 g/mol. The minimum Gasteiger partial charge on any atom is -0.497 e. The fourth-order valence-electron chi connectivity index (χ4n) is 4.17. The first kappa shape index (κ1) is 26.2. The van der Waals surface area contributed by atoms with Gasteiger partial charge in [-0.1, -0.05) is 35.4 Å². The van der Waals surface area contributed by atoms with Crippen LogP contribution in [0, 0.1) is 13.8 Å². The molecule has 3 aromatic rings. The Labute approximate surface area is 219 Å². The number of amides is 1. The number of rotatable bonds is 9. The molecule has 0 radical (unpaired) electrons. The summed E-state index contributed by atoms with van der Waals surface area (Å²) < 4.78 is 19.0. The van der Waals surface area contributed by atoms with Crippen molar-refractivity contribution in [3.05, 3.63) is 101 Å². The average Bonchev–Trinajstić information content (AvgIpc) is 3.32. The molecule has 0 saturated heterocycles. The van der Waals surface area contributed by atoms with E-state index in [1.165, 1.54) is 0 Å². The van der Waals surface area contributed by atoms with Gasteiger partial charge in [0, 0.05) is 30.5 Å². The summed E-state index contributed by atoms with van der Waals surface area (Å²) in [5.74, 6) is 1.29. The average molecular weight is 516 g/mol. The molecule has 4 rings (SSSR count). The molecule has 0 spiro atoms. The number of nitrogens with zero attached hydrogens (tertiary/aromatic N) is 1. The molecule has 1 aromatic heterocycles. The number of carbonyl (C=O) groups excluding carboxylic acids is 1. The Balaban J connectivity index is 1.49. The third kappa shape index (κ3) is 6.28. The number of nitrogens with one attached hydrogen (secondary N) is 3. The third-order valence-electron chi connectivity index (χ3n) is 5.96. The van der Waals surface area contributed by atoms with Gasteiger partial charge in [-0.3, -0.25) is 4.79 Å². The van der Waals surface area contributed by atoms with Crippen molar-refractivity contribution in [3.8, 4) is 5.75 Å². The van der Waals surface area contributed by atoms with E-state index in [-0.39, 0.29) is 5.91 Å². The predicted molar refractivity (Wildman–Crippen MR) is 150 cm³/mol. The number of aromatic nitrogens is 1. The van der Waals surface area contributed by atoms with Crippen LogP contribution in [0.15, 0.2) is 89.0 Å². The first-order chi connectivity index (χ1) is 17.9. The molecule has 0 saturated carbocycles. The smallest absolute Gasteiger partial charge is 0.251 e. The number of carbonyl (C=O) groups is 1. The van der Waals surface area contributed by atoms with Crippen molar-refractivity contribution < 1.29 is 13.7 Å². The summed E-state index contributed by atoms with van der Waals surface area (Å²) in [6.45, 7) is 4.74. The second-order valence-corrected chi connectivity index (χ2v) is 10.1. The molecule has 1 aliphatic rings. The van der Waals surface area contributed by atoms with Crippen molar-refractivity contribution in [2.24, 2.45) is 0 Å². The number of aryl methyl sites for hydroxylation is 2. The van der Waals surface area contributed by atoms with E-state index >= 15 is 0 Å². The third-order valence-corrected chi connectivity index (χ3v) is 7.76. The molecule has 0 bridgehead atoms. The highest BCUT2D eigenvalue weighted by atomic mass is 32.2. The summed E-state index contributed by atoms with van der Waals surface area (Å²) in [5.41, 5.74) is 4.99. The normalized spacial score (nSPS) is 14.5. The fraction of sp³-hybridized carbons (Fsp3) is 0.207. The summed E-state index contributed by atoms with van der Waals surface area (Å²) in [6.07, 6.45) is 5.28. The van der Waals surface area contributed by atoms with Gasteiger partial charge in [-0.05, 0) is 74.5 Å². The summed E-state index contributed by atoms with van der Waals surface area (Å²) in [4.78, 5) is 18.7. The lowest BCUT2D eigenvalue weighted by Gasteiger charge is -2.20. The number of likely N-dealkylation sites (N-methyl/N-ethyl adjacent to an activating group) is 1. The lowest BCUT2D eigenvalue weighted by atomic mass is 10.1. The number of hydrogen-bond donors (Lipinski definition) is 3. The molecule has 0 atom stereocenters. The van der Waals surface area contributed by atoms with Gasteiger partial charge in [0.15, 0.2) is 0 Å². The van der Waals surface area contributed by atoms with Gasteiger partial charge in [-0.25, -0.2) is 15.4 Å². The highest BCUT2D eigenvalue weighted by Gasteiger charge is 2.16.